The van der Waals surface area contributed by atoms with Crippen molar-refractivity contribution in [1.82, 2.24) is 0 Å². The average Bonchev–Trinajstić information content (AvgIpc) is 2.44. The van der Waals surface area contributed by atoms with Crippen LogP contribution >= 0.6 is 0 Å². The molecule has 0 spiro atoms. The number of carbonyl (C=O) groups excluding carboxylic acids is 1. The van der Waals surface area contributed by atoms with Crippen molar-refractivity contribution in [3.05, 3.63) is 24.3 Å². The highest BCUT2D eigenvalue weighted by atomic mass is 32.2. The van der Waals surface area contributed by atoms with E-state index in [0.29, 0.717) is 11.4 Å². The Labute approximate surface area is 113 Å². The molecule has 0 aliphatic carbocycles. The maximum atomic E-state index is 12.0. The predicted molar refractivity (Wildman–Crippen MR) is 71.8 cm³/mol. The van der Waals surface area contributed by atoms with Gasteiger partial charge in [0.25, 0.3) is 0 Å². The van der Waals surface area contributed by atoms with Gasteiger partial charge in [0.1, 0.15) is 12.3 Å². The van der Waals surface area contributed by atoms with Crippen molar-refractivity contribution < 1.29 is 22.7 Å². The number of hydrogen-bond donors (Lipinski definition) is 0. The maximum absolute atomic E-state index is 12.0. The Balaban J connectivity index is 3.19. The molecule has 0 bridgehead atoms. The third-order valence-electron chi connectivity index (χ3n) is 2.54. The first-order valence-electron chi connectivity index (χ1n) is 5.66. The SMILES string of the molecule is CCS(=O)(=O)N(CC(=O)OC)c1cccc(OC)c1. The van der Waals surface area contributed by atoms with Gasteiger partial charge >= 0.3 is 5.97 Å². The fraction of sp³-hybridized carbons (Fsp3) is 0.417. The van der Waals surface area contributed by atoms with E-state index in [1.807, 2.05) is 0 Å². The van der Waals surface area contributed by atoms with Crippen LogP contribution < -0.4 is 9.04 Å². The summed E-state index contributed by atoms with van der Waals surface area (Å²) in [6, 6.07) is 6.50. The van der Waals surface area contributed by atoms with Crippen LogP contribution in [0.25, 0.3) is 0 Å². The third-order valence-corrected chi connectivity index (χ3v) is 4.28. The predicted octanol–water partition coefficient (Wildman–Crippen LogP) is 1.02. The smallest absolute Gasteiger partial charge is 0.326 e. The molecule has 1 aromatic rings. The first kappa shape index (κ1) is 15.3. The van der Waals surface area contributed by atoms with Crippen molar-refractivity contribution in [2.45, 2.75) is 6.92 Å². The largest absolute Gasteiger partial charge is 0.497 e. The average molecular weight is 287 g/mol. The van der Waals surface area contributed by atoms with Gasteiger partial charge in [-0.05, 0) is 19.1 Å². The summed E-state index contributed by atoms with van der Waals surface area (Å²) in [7, 11) is -0.869. The summed E-state index contributed by atoms with van der Waals surface area (Å²) in [4.78, 5) is 11.4. The number of esters is 1. The van der Waals surface area contributed by atoms with Crippen LogP contribution in [0.2, 0.25) is 0 Å². The van der Waals surface area contributed by atoms with Crippen molar-refractivity contribution in [3.8, 4) is 5.75 Å². The molecule has 0 aliphatic rings. The monoisotopic (exact) mass is 287 g/mol. The summed E-state index contributed by atoms with van der Waals surface area (Å²) in [5.41, 5.74) is 0.367. The Bertz CT molecular complexity index is 541. The molecule has 0 saturated carbocycles. The number of methoxy groups -OCH3 is 2. The fourth-order valence-corrected chi connectivity index (χ4v) is 2.50. The van der Waals surface area contributed by atoms with E-state index in [9.17, 15) is 13.2 Å². The molecule has 0 radical (unpaired) electrons. The molecule has 0 N–H and O–H groups in total. The Kier molecular flexibility index (Phi) is 5.17. The zero-order chi connectivity index (χ0) is 14.5. The highest BCUT2D eigenvalue weighted by Crippen LogP contribution is 2.23. The van der Waals surface area contributed by atoms with Crippen LogP contribution in [0.3, 0.4) is 0 Å². The lowest BCUT2D eigenvalue weighted by atomic mass is 10.3. The zero-order valence-corrected chi connectivity index (χ0v) is 11.9. The number of carbonyl (C=O) groups is 1. The number of rotatable bonds is 6. The summed E-state index contributed by atoms with van der Waals surface area (Å²) >= 11 is 0. The first-order valence-corrected chi connectivity index (χ1v) is 7.26. The Morgan fingerprint density at radius 2 is 2.00 bits per heavy atom. The Hall–Kier alpha value is -1.76. The van der Waals surface area contributed by atoms with E-state index in [0.717, 1.165) is 4.31 Å². The van der Waals surface area contributed by atoms with Crippen molar-refractivity contribution in [2.24, 2.45) is 0 Å². The molecule has 19 heavy (non-hydrogen) atoms. The number of sulfonamides is 1. The lowest BCUT2D eigenvalue weighted by Gasteiger charge is -2.22. The second kappa shape index (κ2) is 6.42. The first-order chi connectivity index (χ1) is 8.94. The number of ether oxygens (including phenoxy) is 2. The van der Waals surface area contributed by atoms with E-state index < -0.39 is 16.0 Å². The van der Waals surface area contributed by atoms with Crippen molar-refractivity contribution in [2.75, 3.05) is 30.8 Å². The molecular weight excluding hydrogens is 270 g/mol. The molecule has 6 nitrogen and oxygen atoms in total. The highest BCUT2D eigenvalue weighted by Gasteiger charge is 2.24. The van der Waals surface area contributed by atoms with Gasteiger partial charge < -0.3 is 9.47 Å². The number of nitrogens with zero attached hydrogens (tertiary/aromatic N) is 1. The van der Waals surface area contributed by atoms with Crippen molar-refractivity contribution >= 4 is 21.7 Å². The van der Waals surface area contributed by atoms with Gasteiger partial charge in [-0.15, -0.1) is 0 Å². The standard InChI is InChI=1S/C12H17NO5S/c1-4-19(15,16)13(9-12(14)18-3)10-6-5-7-11(8-10)17-2/h5-8H,4,9H2,1-3H3. The maximum Gasteiger partial charge on any atom is 0.326 e. The van der Waals surface area contributed by atoms with Gasteiger partial charge in [-0.3, -0.25) is 9.10 Å². The molecule has 0 fully saturated rings. The minimum Gasteiger partial charge on any atom is -0.497 e. The summed E-state index contributed by atoms with van der Waals surface area (Å²) < 4.78 is 34.6. The number of hydrogen-bond acceptors (Lipinski definition) is 5. The number of anilines is 1. The van der Waals surface area contributed by atoms with Gasteiger partial charge in [-0.25, -0.2) is 8.42 Å². The Morgan fingerprint density at radius 1 is 1.32 bits per heavy atom. The van der Waals surface area contributed by atoms with Crippen LogP contribution in [0.1, 0.15) is 6.92 Å². The van der Waals surface area contributed by atoms with Gasteiger partial charge in [-0.1, -0.05) is 6.07 Å². The van der Waals surface area contributed by atoms with E-state index in [1.54, 1.807) is 24.3 Å². The van der Waals surface area contributed by atoms with Crippen molar-refractivity contribution in [1.29, 1.82) is 0 Å². The van der Waals surface area contributed by atoms with Crippen LogP contribution in [0.4, 0.5) is 5.69 Å². The second-order valence-electron chi connectivity index (χ2n) is 3.68. The van der Waals surface area contributed by atoms with Crippen LogP contribution in [0.15, 0.2) is 24.3 Å². The van der Waals surface area contributed by atoms with Gasteiger partial charge in [0.15, 0.2) is 0 Å². The van der Waals surface area contributed by atoms with Crippen LogP contribution in [0, 0.1) is 0 Å². The molecule has 0 aromatic heterocycles. The minimum absolute atomic E-state index is 0.110. The van der Waals surface area contributed by atoms with E-state index >= 15 is 0 Å². The summed E-state index contributed by atoms with van der Waals surface area (Å²) in [5, 5.41) is 0. The molecule has 0 saturated heterocycles. The van der Waals surface area contributed by atoms with Crippen LogP contribution in [-0.4, -0.2) is 40.9 Å². The molecule has 0 amide bonds. The van der Waals surface area contributed by atoms with E-state index in [4.69, 9.17) is 4.74 Å². The molecular formula is C12H17NO5S. The lowest BCUT2D eigenvalue weighted by molar-refractivity contribution is -0.138. The lowest BCUT2D eigenvalue weighted by Crippen LogP contribution is -2.37. The van der Waals surface area contributed by atoms with Crippen LogP contribution in [0.5, 0.6) is 5.75 Å². The topological polar surface area (TPSA) is 72.9 Å². The quantitative estimate of drug-likeness (QED) is 0.730. The molecule has 1 aromatic carbocycles. The van der Waals surface area contributed by atoms with E-state index in [-0.39, 0.29) is 12.3 Å². The van der Waals surface area contributed by atoms with E-state index in [2.05, 4.69) is 4.74 Å². The van der Waals surface area contributed by atoms with E-state index in [1.165, 1.54) is 21.1 Å². The molecule has 7 heteroatoms. The Morgan fingerprint density at radius 3 is 2.53 bits per heavy atom. The van der Waals surface area contributed by atoms with Crippen LogP contribution in [-0.2, 0) is 19.6 Å². The molecule has 1 rings (SSSR count). The molecule has 0 unspecified atom stereocenters. The minimum atomic E-state index is -3.57. The third kappa shape index (κ3) is 3.85. The van der Waals surface area contributed by atoms with Crippen molar-refractivity contribution in [3.63, 3.8) is 0 Å². The molecule has 0 heterocycles. The number of benzene rings is 1. The summed E-state index contributed by atoms with van der Waals surface area (Å²) in [5.74, 6) is -0.222. The van der Waals surface area contributed by atoms with Gasteiger partial charge in [0, 0.05) is 6.07 Å². The normalized spacial score (nSPS) is 10.9. The highest BCUT2D eigenvalue weighted by molar-refractivity contribution is 7.92. The van der Waals surface area contributed by atoms with Gasteiger partial charge in [0.05, 0.1) is 25.7 Å². The molecule has 0 atom stereocenters. The zero-order valence-electron chi connectivity index (χ0n) is 11.1. The van der Waals surface area contributed by atoms with Gasteiger partial charge in [-0.2, -0.15) is 0 Å². The molecule has 106 valence electrons. The fourth-order valence-electron chi connectivity index (χ4n) is 1.45. The second-order valence-corrected chi connectivity index (χ2v) is 5.87. The molecule has 0 aliphatic heterocycles. The summed E-state index contributed by atoms with van der Waals surface area (Å²) in [6.07, 6.45) is 0. The summed E-state index contributed by atoms with van der Waals surface area (Å²) in [6.45, 7) is 1.15. The van der Waals surface area contributed by atoms with Gasteiger partial charge in [0.2, 0.25) is 10.0 Å².